The molecule has 0 radical (unpaired) electrons. The molecule has 2 fully saturated rings. The van der Waals surface area contributed by atoms with Gasteiger partial charge in [-0.05, 0) is 26.2 Å². The third kappa shape index (κ3) is 2.59. The molecule has 0 saturated carbocycles. The molecule has 0 aromatic heterocycles. The predicted octanol–water partition coefficient (Wildman–Crippen LogP) is 2.44. The fraction of sp³-hybridized carbons (Fsp3) is 0.824. The van der Waals surface area contributed by atoms with Crippen molar-refractivity contribution in [2.24, 2.45) is 11.3 Å². The van der Waals surface area contributed by atoms with Crippen LogP contribution in [0.5, 0.6) is 0 Å². The summed E-state index contributed by atoms with van der Waals surface area (Å²) in [5, 5.41) is 0. The van der Waals surface area contributed by atoms with Crippen LogP contribution in [-0.2, 0) is 23.7 Å². The van der Waals surface area contributed by atoms with E-state index in [1.165, 1.54) is 0 Å². The van der Waals surface area contributed by atoms with Gasteiger partial charge in [-0.2, -0.15) is 0 Å². The van der Waals surface area contributed by atoms with E-state index < -0.39 is 5.60 Å². The van der Waals surface area contributed by atoms with Crippen LogP contribution in [0.25, 0.3) is 0 Å². The molecule has 0 amide bonds. The van der Waals surface area contributed by atoms with E-state index in [2.05, 4.69) is 13.8 Å². The van der Waals surface area contributed by atoms with Crippen LogP contribution < -0.4 is 0 Å². The van der Waals surface area contributed by atoms with E-state index in [4.69, 9.17) is 18.9 Å². The molecule has 3 aliphatic heterocycles. The van der Waals surface area contributed by atoms with Gasteiger partial charge in [0.1, 0.15) is 5.60 Å². The van der Waals surface area contributed by atoms with Gasteiger partial charge in [0.2, 0.25) is 0 Å². The van der Waals surface area contributed by atoms with E-state index in [0.717, 1.165) is 25.9 Å². The van der Waals surface area contributed by atoms with Gasteiger partial charge in [0.25, 0.3) is 0 Å². The zero-order chi connectivity index (χ0) is 15.8. The zero-order valence-electron chi connectivity index (χ0n) is 13.7. The summed E-state index contributed by atoms with van der Waals surface area (Å²) in [6.07, 6.45) is 6.86. The first-order valence-corrected chi connectivity index (χ1v) is 8.26. The first kappa shape index (κ1) is 16.0. The lowest BCUT2D eigenvalue weighted by Crippen LogP contribution is -2.49. The molecule has 0 aromatic carbocycles. The van der Waals surface area contributed by atoms with E-state index >= 15 is 0 Å². The minimum absolute atomic E-state index is 0.0715. The van der Waals surface area contributed by atoms with E-state index in [1.807, 2.05) is 19.1 Å². The summed E-state index contributed by atoms with van der Waals surface area (Å²) in [5.74, 6) is -0.550. The van der Waals surface area contributed by atoms with Crippen LogP contribution in [0.4, 0.5) is 0 Å². The summed E-state index contributed by atoms with van der Waals surface area (Å²) in [7, 11) is 0. The van der Waals surface area contributed by atoms with Crippen molar-refractivity contribution in [2.45, 2.75) is 58.0 Å². The summed E-state index contributed by atoms with van der Waals surface area (Å²) in [4.78, 5) is 12.5. The molecule has 3 rings (SSSR count). The number of rotatable bonds is 5. The van der Waals surface area contributed by atoms with Crippen molar-refractivity contribution in [2.75, 3.05) is 19.8 Å². The van der Waals surface area contributed by atoms with Gasteiger partial charge in [-0.25, -0.2) is 0 Å². The highest BCUT2D eigenvalue weighted by molar-refractivity contribution is 5.77. The molecule has 2 saturated heterocycles. The van der Waals surface area contributed by atoms with Crippen molar-refractivity contribution >= 4 is 5.97 Å². The Bertz CT molecular complexity index is 452. The lowest BCUT2D eigenvalue weighted by molar-refractivity contribution is -0.194. The molecule has 3 heterocycles. The summed E-state index contributed by atoms with van der Waals surface area (Å²) >= 11 is 0. The molecule has 0 N–H and O–H groups in total. The fourth-order valence-electron chi connectivity index (χ4n) is 3.88. The van der Waals surface area contributed by atoms with Crippen molar-refractivity contribution in [3.05, 3.63) is 12.2 Å². The highest BCUT2D eigenvalue weighted by Gasteiger charge is 2.64. The van der Waals surface area contributed by atoms with Gasteiger partial charge in [-0.3, -0.25) is 4.79 Å². The molecule has 22 heavy (non-hydrogen) atoms. The molecule has 0 spiro atoms. The van der Waals surface area contributed by atoms with Crippen molar-refractivity contribution < 1.29 is 23.7 Å². The SMILES string of the molecule is CCOC(=O)[C@H]1C(C)(C)[C@@H]2C=C[C@@]1(COC1CCCCO1)O2. The molecule has 3 aliphatic rings. The Kier molecular flexibility index (Phi) is 4.32. The highest BCUT2D eigenvalue weighted by Crippen LogP contribution is 2.55. The van der Waals surface area contributed by atoms with Crippen molar-refractivity contribution in [3.8, 4) is 0 Å². The lowest BCUT2D eigenvalue weighted by atomic mass is 9.67. The maximum absolute atomic E-state index is 12.5. The third-order valence-corrected chi connectivity index (χ3v) is 5.02. The fourth-order valence-corrected chi connectivity index (χ4v) is 3.88. The second-order valence-corrected chi connectivity index (χ2v) is 6.97. The molecule has 5 heteroatoms. The molecule has 2 bridgehead atoms. The van der Waals surface area contributed by atoms with Crippen LogP contribution in [-0.4, -0.2) is 43.8 Å². The van der Waals surface area contributed by atoms with Crippen LogP contribution in [0.15, 0.2) is 12.2 Å². The number of esters is 1. The second kappa shape index (κ2) is 5.95. The largest absolute Gasteiger partial charge is 0.466 e. The molecule has 4 atom stereocenters. The van der Waals surface area contributed by atoms with Gasteiger partial charge in [-0.1, -0.05) is 26.0 Å². The lowest BCUT2D eigenvalue weighted by Gasteiger charge is -2.36. The van der Waals surface area contributed by atoms with Gasteiger partial charge in [0.05, 0.1) is 25.2 Å². The Morgan fingerprint density at radius 3 is 2.86 bits per heavy atom. The van der Waals surface area contributed by atoms with E-state index in [9.17, 15) is 4.79 Å². The Hall–Kier alpha value is -0.910. The maximum Gasteiger partial charge on any atom is 0.312 e. The maximum atomic E-state index is 12.5. The number of carbonyl (C=O) groups is 1. The first-order valence-electron chi connectivity index (χ1n) is 8.26. The van der Waals surface area contributed by atoms with Crippen LogP contribution in [0.1, 0.15) is 40.0 Å². The second-order valence-electron chi connectivity index (χ2n) is 6.97. The summed E-state index contributed by atoms with van der Waals surface area (Å²) in [5.41, 5.74) is -1.01. The standard InChI is InChI=1S/C17H26O5/c1-4-19-15(18)14-16(2,3)12-8-9-17(14,22-12)11-21-13-7-5-6-10-20-13/h8-9,12-14H,4-7,10-11H2,1-3H3/t12-,13?,14-,17-/m0/s1. The third-order valence-electron chi connectivity index (χ3n) is 5.02. The molecule has 0 aromatic rings. The van der Waals surface area contributed by atoms with E-state index in [1.54, 1.807) is 0 Å². The molecule has 1 unspecified atom stereocenters. The Labute approximate surface area is 131 Å². The van der Waals surface area contributed by atoms with Crippen molar-refractivity contribution in [3.63, 3.8) is 0 Å². The van der Waals surface area contributed by atoms with Crippen LogP contribution in [0, 0.1) is 11.3 Å². The molecule has 124 valence electrons. The first-order chi connectivity index (χ1) is 10.5. The van der Waals surface area contributed by atoms with Crippen LogP contribution in [0.3, 0.4) is 0 Å². The predicted molar refractivity (Wildman–Crippen MR) is 80.2 cm³/mol. The summed E-state index contributed by atoms with van der Waals surface area (Å²) in [6.45, 7) is 7.39. The summed E-state index contributed by atoms with van der Waals surface area (Å²) < 4.78 is 23.0. The number of hydrogen-bond acceptors (Lipinski definition) is 5. The number of hydrogen-bond donors (Lipinski definition) is 0. The van der Waals surface area contributed by atoms with Crippen LogP contribution in [0.2, 0.25) is 0 Å². The van der Waals surface area contributed by atoms with E-state index in [0.29, 0.717) is 13.2 Å². The molecule has 0 aliphatic carbocycles. The average molecular weight is 310 g/mol. The van der Waals surface area contributed by atoms with Crippen LogP contribution >= 0.6 is 0 Å². The van der Waals surface area contributed by atoms with Gasteiger partial charge < -0.3 is 18.9 Å². The highest BCUT2D eigenvalue weighted by atomic mass is 16.7. The minimum atomic E-state index is -0.721. The molecule has 5 nitrogen and oxygen atoms in total. The Morgan fingerprint density at radius 1 is 1.36 bits per heavy atom. The Balaban J connectivity index is 1.74. The van der Waals surface area contributed by atoms with Gasteiger partial charge >= 0.3 is 5.97 Å². The normalized spacial score (nSPS) is 39.1. The van der Waals surface area contributed by atoms with Crippen molar-refractivity contribution in [1.29, 1.82) is 0 Å². The van der Waals surface area contributed by atoms with Gasteiger partial charge in [0.15, 0.2) is 6.29 Å². The quantitative estimate of drug-likeness (QED) is 0.577. The molecular formula is C17H26O5. The van der Waals surface area contributed by atoms with Crippen molar-refractivity contribution in [1.82, 2.24) is 0 Å². The minimum Gasteiger partial charge on any atom is -0.466 e. The van der Waals surface area contributed by atoms with E-state index in [-0.39, 0.29) is 29.7 Å². The van der Waals surface area contributed by atoms with Gasteiger partial charge in [0, 0.05) is 12.0 Å². The summed E-state index contributed by atoms with van der Waals surface area (Å²) in [6, 6.07) is 0. The smallest absolute Gasteiger partial charge is 0.312 e. The average Bonchev–Trinajstić information content (AvgIpc) is 3.00. The number of ether oxygens (including phenoxy) is 4. The monoisotopic (exact) mass is 310 g/mol. The number of carbonyl (C=O) groups excluding carboxylic acids is 1. The van der Waals surface area contributed by atoms with Gasteiger partial charge in [-0.15, -0.1) is 0 Å². The topological polar surface area (TPSA) is 54.0 Å². The molecular weight excluding hydrogens is 284 g/mol. The number of fused-ring (bicyclic) bond motifs is 2. The zero-order valence-corrected chi connectivity index (χ0v) is 13.7. The Morgan fingerprint density at radius 2 is 2.18 bits per heavy atom.